The van der Waals surface area contributed by atoms with Crippen LogP contribution in [0.25, 0.3) is 0 Å². The molecule has 0 aliphatic carbocycles. The molecule has 0 aliphatic rings. The number of carboxylic acids is 1. The molecule has 1 rings (SSSR count). The van der Waals surface area contributed by atoms with Crippen LogP contribution in [0, 0.1) is 5.92 Å². The lowest BCUT2D eigenvalue weighted by atomic mass is 10.1. The molecule has 6 nitrogen and oxygen atoms in total. The minimum absolute atomic E-state index is 0.129. The Labute approximate surface area is 125 Å². The zero-order valence-corrected chi connectivity index (χ0v) is 13.7. The molecular formula is C14H23NO5S. The number of hydrogen-bond acceptors (Lipinski definition) is 4. The van der Waals surface area contributed by atoms with E-state index in [2.05, 4.69) is 0 Å². The van der Waals surface area contributed by atoms with Crippen molar-refractivity contribution in [3.8, 4) is 0 Å². The molecule has 21 heavy (non-hydrogen) atoms. The highest BCUT2D eigenvalue weighted by Crippen LogP contribution is 2.24. The first-order valence-corrected chi connectivity index (χ1v) is 8.52. The van der Waals surface area contributed by atoms with Crippen molar-refractivity contribution in [2.24, 2.45) is 5.92 Å². The molecule has 0 fully saturated rings. The molecule has 0 saturated heterocycles. The van der Waals surface area contributed by atoms with Crippen molar-refractivity contribution >= 4 is 16.0 Å². The van der Waals surface area contributed by atoms with Gasteiger partial charge in [-0.05, 0) is 30.9 Å². The molecule has 120 valence electrons. The molecule has 0 unspecified atom stereocenters. The zero-order valence-electron chi connectivity index (χ0n) is 12.9. The van der Waals surface area contributed by atoms with Gasteiger partial charge < -0.3 is 9.52 Å². The van der Waals surface area contributed by atoms with Gasteiger partial charge in [-0.1, -0.05) is 27.7 Å². The Morgan fingerprint density at radius 1 is 1.29 bits per heavy atom. The Morgan fingerprint density at radius 2 is 1.86 bits per heavy atom. The number of furan rings is 1. The Hall–Kier alpha value is -1.34. The minimum Gasteiger partial charge on any atom is -0.475 e. The summed E-state index contributed by atoms with van der Waals surface area (Å²) in [7, 11) is -3.83. The lowest BCUT2D eigenvalue weighted by Gasteiger charge is -2.30. The van der Waals surface area contributed by atoms with Crippen LogP contribution in [0.3, 0.4) is 0 Å². The third-order valence-electron chi connectivity index (χ3n) is 3.25. The largest absolute Gasteiger partial charge is 0.475 e. The van der Waals surface area contributed by atoms with E-state index in [4.69, 9.17) is 9.52 Å². The number of sulfonamides is 1. The summed E-state index contributed by atoms with van der Waals surface area (Å²) in [4.78, 5) is 10.8. The van der Waals surface area contributed by atoms with Gasteiger partial charge in [0.05, 0.1) is 0 Å². The maximum absolute atomic E-state index is 12.7. The summed E-state index contributed by atoms with van der Waals surface area (Å²) < 4.78 is 31.8. The SMILES string of the molecule is CCC(CC)N(CC(C)C)S(=O)(=O)c1ccc(C(=O)O)o1. The van der Waals surface area contributed by atoms with Crippen molar-refractivity contribution in [1.82, 2.24) is 4.31 Å². The zero-order chi connectivity index (χ0) is 16.2. The van der Waals surface area contributed by atoms with Crippen LogP contribution in [0.5, 0.6) is 0 Å². The van der Waals surface area contributed by atoms with Crippen molar-refractivity contribution in [2.75, 3.05) is 6.54 Å². The Bertz CT molecular complexity index is 572. The highest BCUT2D eigenvalue weighted by atomic mass is 32.2. The van der Waals surface area contributed by atoms with Gasteiger partial charge in [0.2, 0.25) is 10.9 Å². The van der Waals surface area contributed by atoms with Crippen LogP contribution in [0.2, 0.25) is 0 Å². The average Bonchev–Trinajstić information content (AvgIpc) is 2.89. The third-order valence-corrected chi connectivity index (χ3v) is 5.04. The molecule has 0 saturated carbocycles. The van der Waals surface area contributed by atoms with E-state index in [1.165, 1.54) is 10.4 Å². The van der Waals surface area contributed by atoms with Crippen LogP contribution in [-0.4, -0.2) is 36.4 Å². The number of aromatic carboxylic acids is 1. The molecule has 0 aromatic carbocycles. The number of hydrogen-bond donors (Lipinski definition) is 1. The maximum atomic E-state index is 12.7. The minimum atomic E-state index is -3.83. The van der Waals surface area contributed by atoms with Crippen LogP contribution in [-0.2, 0) is 10.0 Å². The summed E-state index contributed by atoms with van der Waals surface area (Å²) >= 11 is 0. The molecule has 0 radical (unpaired) electrons. The average molecular weight is 317 g/mol. The normalized spacial score (nSPS) is 12.5. The first kappa shape index (κ1) is 17.7. The van der Waals surface area contributed by atoms with Crippen molar-refractivity contribution in [2.45, 2.75) is 51.7 Å². The fourth-order valence-corrected chi connectivity index (χ4v) is 4.04. The number of carboxylic acid groups (broad SMARTS) is 1. The molecule has 0 atom stereocenters. The molecule has 1 aromatic rings. The molecular weight excluding hydrogens is 294 g/mol. The van der Waals surface area contributed by atoms with Gasteiger partial charge >= 0.3 is 5.97 Å². The Kier molecular flexibility index (Phi) is 5.98. The fourth-order valence-electron chi connectivity index (χ4n) is 2.19. The van der Waals surface area contributed by atoms with E-state index < -0.39 is 16.0 Å². The first-order chi connectivity index (χ1) is 9.73. The van der Waals surface area contributed by atoms with E-state index in [1.807, 2.05) is 27.7 Å². The summed E-state index contributed by atoms with van der Waals surface area (Å²) in [5.41, 5.74) is 0. The van der Waals surface area contributed by atoms with Gasteiger partial charge in [-0.2, -0.15) is 4.31 Å². The van der Waals surface area contributed by atoms with Crippen LogP contribution >= 0.6 is 0 Å². The Balaban J connectivity index is 3.21. The standard InChI is InChI=1S/C14H23NO5S/c1-5-11(6-2)15(9-10(3)4)21(18,19)13-8-7-12(20-13)14(16)17/h7-8,10-11H,5-6,9H2,1-4H3,(H,16,17). The predicted molar refractivity (Wildman–Crippen MR) is 78.8 cm³/mol. The molecule has 1 heterocycles. The summed E-state index contributed by atoms with van der Waals surface area (Å²) in [6.07, 6.45) is 1.38. The van der Waals surface area contributed by atoms with Crippen molar-refractivity contribution in [1.29, 1.82) is 0 Å². The number of nitrogens with zero attached hydrogens (tertiary/aromatic N) is 1. The van der Waals surface area contributed by atoms with Gasteiger partial charge in [-0.15, -0.1) is 0 Å². The third kappa shape index (κ3) is 4.07. The van der Waals surface area contributed by atoms with E-state index >= 15 is 0 Å². The molecule has 1 N–H and O–H groups in total. The second kappa shape index (κ2) is 7.09. The van der Waals surface area contributed by atoms with Crippen LogP contribution < -0.4 is 0 Å². The van der Waals surface area contributed by atoms with Crippen LogP contribution in [0.4, 0.5) is 0 Å². The van der Waals surface area contributed by atoms with Gasteiger partial charge in [0, 0.05) is 12.6 Å². The van der Waals surface area contributed by atoms with Gasteiger partial charge in [0.25, 0.3) is 10.0 Å². The second-order valence-electron chi connectivity index (χ2n) is 5.36. The topological polar surface area (TPSA) is 87.8 Å². The predicted octanol–water partition coefficient (Wildman–Crippen LogP) is 2.81. The van der Waals surface area contributed by atoms with Crippen LogP contribution in [0.1, 0.15) is 51.1 Å². The smallest absolute Gasteiger partial charge is 0.371 e. The maximum Gasteiger partial charge on any atom is 0.371 e. The highest BCUT2D eigenvalue weighted by molar-refractivity contribution is 7.89. The quantitative estimate of drug-likeness (QED) is 0.796. The van der Waals surface area contributed by atoms with Gasteiger partial charge in [-0.25, -0.2) is 13.2 Å². The first-order valence-electron chi connectivity index (χ1n) is 7.08. The van der Waals surface area contributed by atoms with Gasteiger partial charge in [-0.3, -0.25) is 0 Å². The molecule has 1 aromatic heterocycles. The summed E-state index contributed by atoms with van der Waals surface area (Å²) in [5.74, 6) is -1.49. The molecule has 0 aliphatic heterocycles. The van der Waals surface area contributed by atoms with E-state index in [1.54, 1.807) is 0 Å². The van der Waals surface area contributed by atoms with Crippen LogP contribution in [0.15, 0.2) is 21.6 Å². The summed E-state index contributed by atoms with van der Waals surface area (Å²) in [6.45, 7) is 8.12. The molecule has 7 heteroatoms. The van der Waals surface area contributed by atoms with Crippen molar-refractivity contribution in [3.63, 3.8) is 0 Å². The number of rotatable bonds is 8. The fraction of sp³-hybridized carbons (Fsp3) is 0.643. The second-order valence-corrected chi connectivity index (χ2v) is 7.18. The molecule has 0 amide bonds. The highest BCUT2D eigenvalue weighted by Gasteiger charge is 2.33. The van der Waals surface area contributed by atoms with E-state index in [9.17, 15) is 13.2 Å². The van der Waals surface area contributed by atoms with Gasteiger partial charge in [0.1, 0.15) is 0 Å². The number of carbonyl (C=O) groups is 1. The van der Waals surface area contributed by atoms with E-state index in [0.717, 1.165) is 6.07 Å². The monoisotopic (exact) mass is 317 g/mol. The molecule has 0 bridgehead atoms. The van der Waals surface area contributed by atoms with Crippen molar-refractivity contribution < 1.29 is 22.7 Å². The summed E-state index contributed by atoms with van der Waals surface area (Å²) in [5, 5.41) is 8.53. The lowest BCUT2D eigenvalue weighted by molar-refractivity contribution is 0.0656. The Morgan fingerprint density at radius 3 is 2.24 bits per heavy atom. The van der Waals surface area contributed by atoms with E-state index in [-0.39, 0.29) is 22.8 Å². The van der Waals surface area contributed by atoms with E-state index in [0.29, 0.717) is 19.4 Å². The summed E-state index contributed by atoms with van der Waals surface area (Å²) in [6, 6.07) is 2.24. The molecule has 0 spiro atoms. The van der Waals surface area contributed by atoms with Gasteiger partial charge in [0.15, 0.2) is 0 Å². The van der Waals surface area contributed by atoms with Crippen molar-refractivity contribution in [3.05, 3.63) is 17.9 Å². The lowest BCUT2D eigenvalue weighted by Crippen LogP contribution is -2.41.